The summed E-state index contributed by atoms with van der Waals surface area (Å²) in [6.07, 6.45) is 1.72. The summed E-state index contributed by atoms with van der Waals surface area (Å²) in [7, 11) is 1.50. The van der Waals surface area contributed by atoms with Crippen LogP contribution in [0.1, 0.15) is 34.1 Å². The molecule has 0 radical (unpaired) electrons. The summed E-state index contributed by atoms with van der Waals surface area (Å²) >= 11 is 2.35. The third-order valence-electron chi connectivity index (χ3n) is 8.02. The number of halogens is 1. The zero-order valence-electron chi connectivity index (χ0n) is 26.2. The Balaban J connectivity index is 1.31. The minimum absolute atomic E-state index is 0.139. The number of carbonyl (C=O) groups is 2. The molecule has 49 heavy (non-hydrogen) atoms. The number of anilines is 1. The van der Waals surface area contributed by atoms with Crippen LogP contribution in [0.4, 0.5) is 9.52 Å². The van der Waals surface area contributed by atoms with E-state index in [0.717, 1.165) is 16.9 Å². The van der Waals surface area contributed by atoms with E-state index in [1.807, 2.05) is 36.4 Å². The van der Waals surface area contributed by atoms with Crippen molar-refractivity contribution in [2.75, 3.05) is 12.0 Å². The van der Waals surface area contributed by atoms with Gasteiger partial charge < -0.3 is 14.6 Å². The lowest BCUT2D eigenvalue weighted by Crippen LogP contribution is -2.29. The summed E-state index contributed by atoms with van der Waals surface area (Å²) < 4.78 is 28.2. The van der Waals surface area contributed by atoms with Crippen molar-refractivity contribution >= 4 is 51.3 Å². The highest BCUT2D eigenvalue weighted by atomic mass is 32.2. The van der Waals surface area contributed by atoms with Crippen LogP contribution < -0.4 is 14.4 Å². The van der Waals surface area contributed by atoms with Crippen LogP contribution in [-0.4, -0.2) is 43.5 Å². The van der Waals surface area contributed by atoms with Crippen molar-refractivity contribution < 1.29 is 28.6 Å². The number of imidazole rings is 1. The van der Waals surface area contributed by atoms with Crippen molar-refractivity contribution in [2.24, 2.45) is 0 Å². The Morgan fingerprint density at radius 1 is 0.980 bits per heavy atom. The normalized spacial score (nSPS) is 15.7. The van der Waals surface area contributed by atoms with Crippen molar-refractivity contribution in [1.29, 1.82) is 0 Å². The number of pyridine rings is 1. The number of thioether (sulfide) groups is 1. The fourth-order valence-corrected chi connectivity index (χ4v) is 7.55. The van der Waals surface area contributed by atoms with Gasteiger partial charge in [0, 0.05) is 11.9 Å². The fourth-order valence-electron chi connectivity index (χ4n) is 5.69. The lowest BCUT2D eigenvalue weighted by molar-refractivity contribution is -0.132. The van der Waals surface area contributed by atoms with E-state index in [9.17, 15) is 19.1 Å². The highest BCUT2D eigenvalue weighted by molar-refractivity contribution is 8.00. The molecule has 1 aliphatic rings. The number of benzene rings is 3. The molecule has 13 heteroatoms. The Bertz CT molecular complexity index is 2240. The van der Waals surface area contributed by atoms with Crippen LogP contribution >= 0.6 is 23.1 Å². The molecule has 0 bridgehead atoms. The molecule has 10 nitrogen and oxygen atoms in total. The van der Waals surface area contributed by atoms with E-state index in [0.29, 0.717) is 50.7 Å². The van der Waals surface area contributed by atoms with Gasteiger partial charge in [-0.2, -0.15) is 0 Å². The van der Waals surface area contributed by atoms with Crippen molar-refractivity contribution in [3.8, 4) is 11.5 Å². The Kier molecular flexibility index (Phi) is 8.85. The highest BCUT2D eigenvalue weighted by Gasteiger charge is 2.49. The number of hydrogen-bond acceptors (Lipinski definition) is 10. The Morgan fingerprint density at radius 2 is 1.76 bits per heavy atom. The number of aliphatic hydroxyl groups is 1. The molecule has 1 fully saturated rings. The van der Waals surface area contributed by atoms with E-state index < -0.39 is 17.7 Å². The van der Waals surface area contributed by atoms with E-state index in [4.69, 9.17) is 9.47 Å². The van der Waals surface area contributed by atoms with Gasteiger partial charge in [-0.25, -0.2) is 9.37 Å². The Morgan fingerprint density at radius 3 is 2.55 bits per heavy atom. The van der Waals surface area contributed by atoms with Gasteiger partial charge in [-0.1, -0.05) is 83.8 Å². The third kappa shape index (κ3) is 6.14. The maximum absolute atomic E-state index is 14.3. The van der Waals surface area contributed by atoms with Gasteiger partial charge in [0.25, 0.3) is 5.78 Å². The van der Waals surface area contributed by atoms with Crippen LogP contribution in [0.15, 0.2) is 107 Å². The summed E-state index contributed by atoms with van der Waals surface area (Å²) in [5, 5.41) is 20.5. The molecule has 1 atom stereocenters. The SMILES string of the molecule is COc1cc(C2C(=C(O)c3c(C)nc4ccccn34)C(=O)C(=O)N2c2nnc(SCc3ccccc3F)s2)ccc1OCc1ccccc1. The molecule has 1 amide bonds. The monoisotopic (exact) mass is 693 g/mol. The van der Waals surface area contributed by atoms with Gasteiger partial charge in [0.2, 0.25) is 5.13 Å². The molecule has 246 valence electrons. The number of carbonyl (C=O) groups excluding carboxylic acids is 2. The highest BCUT2D eigenvalue weighted by Crippen LogP contribution is 2.46. The minimum Gasteiger partial charge on any atom is -0.505 e. The molecule has 1 N–H and O–H groups in total. The van der Waals surface area contributed by atoms with Gasteiger partial charge >= 0.3 is 5.91 Å². The number of aryl methyl sites for hydroxylation is 1. The topological polar surface area (TPSA) is 119 Å². The summed E-state index contributed by atoms with van der Waals surface area (Å²) in [6.45, 7) is 2.01. The molecular weight excluding hydrogens is 666 g/mol. The van der Waals surface area contributed by atoms with Gasteiger partial charge in [0.15, 0.2) is 21.6 Å². The number of nitrogens with zero attached hydrogens (tertiary/aromatic N) is 5. The lowest BCUT2D eigenvalue weighted by atomic mass is 9.96. The van der Waals surface area contributed by atoms with Crippen LogP contribution in [0.3, 0.4) is 0 Å². The van der Waals surface area contributed by atoms with E-state index in [1.54, 1.807) is 66.1 Å². The third-order valence-corrected chi connectivity index (χ3v) is 10.1. The summed E-state index contributed by atoms with van der Waals surface area (Å²) in [6, 6.07) is 25.5. The summed E-state index contributed by atoms with van der Waals surface area (Å²) in [5.41, 5.74) is 3.10. The van der Waals surface area contributed by atoms with Crippen LogP contribution in [0.2, 0.25) is 0 Å². The van der Waals surface area contributed by atoms with Crippen molar-refractivity contribution in [3.05, 3.63) is 137 Å². The fraction of sp³-hybridized carbons (Fsp3) is 0.139. The molecule has 3 aromatic heterocycles. The van der Waals surface area contributed by atoms with Gasteiger partial charge in [0.05, 0.1) is 24.4 Å². The molecule has 0 spiro atoms. The van der Waals surface area contributed by atoms with Gasteiger partial charge in [-0.05, 0) is 53.9 Å². The number of ketones is 1. The van der Waals surface area contributed by atoms with Crippen LogP contribution in [0.25, 0.3) is 11.4 Å². The predicted octanol–water partition coefficient (Wildman–Crippen LogP) is 7.14. The number of amides is 1. The molecule has 7 rings (SSSR count). The van der Waals surface area contributed by atoms with Crippen LogP contribution in [0, 0.1) is 12.7 Å². The van der Waals surface area contributed by atoms with Crippen molar-refractivity contribution in [1.82, 2.24) is 19.6 Å². The molecule has 6 aromatic rings. The maximum Gasteiger partial charge on any atom is 0.301 e. The predicted molar refractivity (Wildman–Crippen MR) is 184 cm³/mol. The molecule has 4 heterocycles. The number of Topliss-reactive ketones (excluding diaryl/α,β-unsaturated/α-hetero) is 1. The smallest absolute Gasteiger partial charge is 0.301 e. The van der Waals surface area contributed by atoms with Gasteiger partial charge in [0.1, 0.15) is 23.8 Å². The van der Waals surface area contributed by atoms with E-state index in [1.165, 1.54) is 29.8 Å². The van der Waals surface area contributed by atoms with Gasteiger partial charge in [-0.3, -0.25) is 18.9 Å². The number of methoxy groups -OCH3 is 1. The van der Waals surface area contributed by atoms with E-state index in [-0.39, 0.29) is 28.0 Å². The molecule has 1 unspecified atom stereocenters. The van der Waals surface area contributed by atoms with Crippen LogP contribution in [-0.2, 0) is 21.9 Å². The Labute approximate surface area is 288 Å². The molecule has 3 aromatic carbocycles. The quantitative estimate of drug-likeness (QED) is 0.0525. The zero-order chi connectivity index (χ0) is 34.1. The van der Waals surface area contributed by atoms with Crippen molar-refractivity contribution in [3.63, 3.8) is 0 Å². The first-order valence-electron chi connectivity index (χ1n) is 15.1. The first-order chi connectivity index (χ1) is 23.8. The standard InChI is InChI=1S/C36H28FN5O5S2/c1-21-30(41-17-9-8-14-28(41)38-21)32(43)29-31(23-15-16-26(27(18-23)46-2)47-19-22-10-4-3-5-11-22)42(34(45)33(29)44)35-39-40-36(49-35)48-20-24-12-6-7-13-25(24)37/h3-18,31,43H,19-20H2,1-2H3. The number of fused-ring (bicyclic) bond motifs is 1. The molecule has 1 aliphatic heterocycles. The number of hydrogen-bond donors (Lipinski definition) is 1. The lowest BCUT2D eigenvalue weighted by Gasteiger charge is -2.23. The minimum atomic E-state index is -1.11. The van der Waals surface area contributed by atoms with Crippen molar-refractivity contribution in [2.45, 2.75) is 29.7 Å². The number of rotatable bonds is 10. The zero-order valence-corrected chi connectivity index (χ0v) is 27.9. The second kappa shape index (κ2) is 13.5. The summed E-state index contributed by atoms with van der Waals surface area (Å²) in [5.74, 6) is -1.40. The maximum atomic E-state index is 14.3. The number of ether oxygens (including phenoxy) is 2. The average Bonchev–Trinajstić information content (AvgIpc) is 3.80. The van der Waals surface area contributed by atoms with Crippen LogP contribution in [0.5, 0.6) is 11.5 Å². The molecule has 0 saturated carbocycles. The van der Waals surface area contributed by atoms with E-state index in [2.05, 4.69) is 15.2 Å². The first-order valence-corrected chi connectivity index (χ1v) is 16.9. The summed E-state index contributed by atoms with van der Waals surface area (Å²) in [4.78, 5) is 33.5. The van der Waals surface area contributed by atoms with E-state index >= 15 is 0 Å². The second-order valence-corrected chi connectivity index (χ2v) is 13.2. The molecule has 1 saturated heterocycles. The first kappa shape index (κ1) is 32.0. The molecule has 0 aliphatic carbocycles. The Hall–Kier alpha value is -5.53. The largest absolute Gasteiger partial charge is 0.505 e. The second-order valence-electron chi connectivity index (χ2n) is 11.1. The number of aromatic nitrogens is 4. The molecular formula is C36H28FN5O5S2. The van der Waals surface area contributed by atoms with Gasteiger partial charge in [-0.15, -0.1) is 10.2 Å². The number of aliphatic hydroxyl groups excluding tert-OH is 1. The average molecular weight is 694 g/mol.